The first kappa shape index (κ1) is 12.2. The highest BCUT2D eigenvalue weighted by atomic mass is 15.0. The molecule has 0 N–H and O–H groups in total. The van der Waals surface area contributed by atoms with Crippen molar-refractivity contribution in [2.24, 2.45) is 0 Å². The van der Waals surface area contributed by atoms with Crippen molar-refractivity contribution < 1.29 is 0 Å². The Hall–Kier alpha value is -2.54. The van der Waals surface area contributed by atoms with Gasteiger partial charge in [0.1, 0.15) is 0 Å². The Morgan fingerprint density at radius 2 is 1.57 bits per heavy atom. The molecule has 0 aliphatic carbocycles. The number of aryl methyl sites for hydroxylation is 1. The lowest BCUT2D eigenvalue weighted by Gasteiger charge is -2.07. The molecule has 0 radical (unpaired) electrons. The maximum atomic E-state index is 2.34. The molecule has 0 saturated carbocycles. The van der Waals surface area contributed by atoms with E-state index in [1.54, 1.807) is 0 Å². The Morgan fingerprint density at radius 1 is 0.810 bits per heavy atom. The predicted molar refractivity (Wildman–Crippen MR) is 89.7 cm³/mol. The van der Waals surface area contributed by atoms with Gasteiger partial charge in [-0.3, -0.25) is 0 Å². The van der Waals surface area contributed by atoms with Crippen molar-refractivity contribution in [2.45, 2.75) is 13.5 Å². The molecule has 4 aromatic rings. The van der Waals surface area contributed by atoms with E-state index in [4.69, 9.17) is 0 Å². The fourth-order valence-corrected chi connectivity index (χ4v) is 3.10. The molecule has 0 atom stereocenters. The second-order valence-electron chi connectivity index (χ2n) is 5.64. The first-order valence-electron chi connectivity index (χ1n) is 7.33. The van der Waals surface area contributed by atoms with Crippen LogP contribution in [0.5, 0.6) is 0 Å². The molecule has 1 aromatic heterocycles. The molecule has 0 fully saturated rings. The van der Waals surface area contributed by atoms with E-state index in [1.807, 2.05) is 0 Å². The second-order valence-corrected chi connectivity index (χ2v) is 5.64. The highest BCUT2D eigenvalue weighted by Gasteiger charge is 2.05. The molecule has 0 amide bonds. The van der Waals surface area contributed by atoms with Crippen molar-refractivity contribution >= 4 is 21.7 Å². The molecule has 0 unspecified atom stereocenters. The van der Waals surface area contributed by atoms with E-state index >= 15 is 0 Å². The average Bonchev–Trinajstić information content (AvgIpc) is 2.84. The molecule has 0 spiro atoms. The molecule has 1 heteroatoms. The minimum Gasteiger partial charge on any atom is -0.343 e. The van der Waals surface area contributed by atoms with Gasteiger partial charge >= 0.3 is 0 Å². The summed E-state index contributed by atoms with van der Waals surface area (Å²) in [7, 11) is 0. The smallest absolute Gasteiger partial charge is 0.0486 e. The maximum Gasteiger partial charge on any atom is 0.0486 e. The highest BCUT2D eigenvalue weighted by molar-refractivity contribution is 5.84. The van der Waals surface area contributed by atoms with Crippen LogP contribution in [0, 0.1) is 6.92 Å². The molecule has 1 nitrogen and oxygen atoms in total. The normalized spacial score (nSPS) is 11.3. The van der Waals surface area contributed by atoms with E-state index in [0.29, 0.717) is 0 Å². The van der Waals surface area contributed by atoms with Crippen LogP contribution in [0.2, 0.25) is 0 Å². The first-order chi connectivity index (χ1) is 10.3. The van der Waals surface area contributed by atoms with Gasteiger partial charge < -0.3 is 4.57 Å². The second kappa shape index (κ2) is 4.78. The molecule has 1 heterocycles. The topological polar surface area (TPSA) is 4.93 Å². The maximum absolute atomic E-state index is 2.34. The number of benzene rings is 3. The molecule has 102 valence electrons. The van der Waals surface area contributed by atoms with Crippen molar-refractivity contribution in [3.63, 3.8) is 0 Å². The highest BCUT2D eigenvalue weighted by Crippen LogP contribution is 2.22. The van der Waals surface area contributed by atoms with Gasteiger partial charge in [-0.25, -0.2) is 0 Å². The number of hydrogen-bond acceptors (Lipinski definition) is 0. The third-order valence-corrected chi connectivity index (χ3v) is 4.15. The zero-order valence-electron chi connectivity index (χ0n) is 12.1. The monoisotopic (exact) mass is 271 g/mol. The Kier molecular flexibility index (Phi) is 2.78. The van der Waals surface area contributed by atoms with Gasteiger partial charge in [0.15, 0.2) is 0 Å². The number of hydrogen-bond donors (Lipinski definition) is 0. The lowest BCUT2D eigenvalue weighted by molar-refractivity contribution is 0.835. The van der Waals surface area contributed by atoms with Gasteiger partial charge in [0.2, 0.25) is 0 Å². The van der Waals surface area contributed by atoms with Crippen LogP contribution in [0.25, 0.3) is 21.7 Å². The Bertz CT molecular complexity index is 931. The lowest BCUT2D eigenvalue weighted by Crippen LogP contribution is -1.97. The predicted octanol–water partition coefficient (Wildman–Crippen LogP) is 5.15. The van der Waals surface area contributed by atoms with E-state index in [2.05, 4.69) is 84.4 Å². The fourth-order valence-electron chi connectivity index (χ4n) is 3.10. The molecular formula is C20H17N. The number of aromatic nitrogens is 1. The Labute approximate surface area is 124 Å². The molecule has 0 saturated heterocycles. The van der Waals surface area contributed by atoms with E-state index in [-0.39, 0.29) is 0 Å². The van der Waals surface area contributed by atoms with Crippen LogP contribution in [-0.2, 0) is 6.54 Å². The van der Waals surface area contributed by atoms with Crippen molar-refractivity contribution in [1.29, 1.82) is 0 Å². The molecule has 21 heavy (non-hydrogen) atoms. The average molecular weight is 271 g/mol. The number of rotatable bonds is 2. The summed E-state index contributed by atoms with van der Waals surface area (Å²) in [6.45, 7) is 3.10. The van der Waals surface area contributed by atoms with Crippen molar-refractivity contribution in [1.82, 2.24) is 4.57 Å². The summed E-state index contributed by atoms with van der Waals surface area (Å²) in [6, 6.07) is 23.9. The van der Waals surface area contributed by atoms with Gasteiger partial charge in [-0.1, -0.05) is 54.6 Å². The molecule has 0 aliphatic heterocycles. The van der Waals surface area contributed by atoms with Gasteiger partial charge in [0, 0.05) is 23.6 Å². The number of fused-ring (bicyclic) bond motifs is 2. The Balaban J connectivity index is 1.79. The number of para-hydroxylation sites is 1. The lowest BCUT2D eigenvalue weighted by atomic mass is 10.1. The molecule has 4 rings (SSSR count). The fraction of sp³-hybridized carbons (Fsp3) is 0.100. The zero-order chi connectivity index (χ0) is 14.2. The van der Waals surface area contributed by atoms with Crippen LogP contribution in [0.1, 0.15) is 11.1 Å². The van der Waals surface area contributed by atoms with E-state index in [9.17, 15) is 0 Å². The van der Waals surface area contributed by atoms with Crippen molar-refractivity contribution in [3.05, 3.63) is 84.1 Å². The van der Waals surface area contributed by atoms with Gasteiger partial charge in [-0.2, -0.15) is 0 Å². The quantitative estimate of drug-likeness (QED) is 0.475. The van der Waals surface area contributed by atoms with Crippen LogP contribution in [-0.4, -0.2) is 4.57 Å². The van der Waals surface area contributed by atoms with Crippen LogP contribution >= 0.6 is 0 Å². The van der Waals surface area contributed by atoms with Crippen LogP contribution in [0.15, 0.2) is 72.9 Å². The van der Waals surface area contributed by atoms with Gasteiger partial charge in [0.05, 0.1) is 0 Å². The minimum atomic E-state index is 0.916. The van der Waals surface area contributed by atoms with E-state index < -0.39 is 0 Å². The van der Waals surface area contributed by atoms with Crippen molar-refractivity contribution in [2.75, 3.05) is 0 Å². The standard InChI is InChI=1S/C20H17N/c1-15-13-21(20-9-5-4-8-19(15)20)14-16-10-11-17-6-2-3-7-18(17)12-16/h2-13H,14H2,1H3. The van der Waals surface area contributed by atoms with Crippen LogP contribution in [0.3, 0.4) is 0 Å². The summed E-state index contributed by atoms with van der Waals surface area (Å²) >= 11 is 0. The largest absolute Gasteiger partial charge is 0.343 e. The zero-order valence-corrected chi connectivity index (χ0v) is 12.1. The van der Waals surface area contributed by atoms with E-state index in [0.717, 1.165) is 6.54 Å². The molecule has 0 bridgehead atoms. The summed E-state index contributed by atoms with van der Waals surface area (Å²) in [6.07, 6.45) is 2.25. The van der Waals surface area contributed by atoms with Crippen molar-refractivity contribution in [3.8, 4) is 0 Å². The third-order valence-electron chi connectivity index (χ3n) is 4.15. The summed E-state index contributed by atoms with van der Waals surface area (Å²) in [5, 5.41) is 3.95. The summed E-state index contributed by atoms with van der Waals surface area (Å²) in [5.74, 6) is 0. The number of nitrogens with zero attached hydrogens (tertiary/aromatic N) is 1. The molecule has 0 aliphatic rings. The third kappa shape index (κ3) is 2.11. The van der Waals surface area contributed by atoms with Crippen LogP contribution in [0.4, 0.5) is 0 Å². The SMILES string of the molecule is Cc1cn(Cc2ccc3ccccc3c2)c2ccccc12. The van der Waals surface area contributed by atoms with Crippen LogP contribution < -0.4 is 0 Å². The molecule has 3 aromatic carbocycles. The summed E-state index contributed by atoms with van der Waals surface area (Å²) in [5.41, 5.74) is 3.99. The molecular weight excluding hydrogens is 254 g/mol. The first-order valence-corrected chi connectivity index (χ1v) is 7.33. The van der Waals surface area contributed by atoms with E-state index in [1.165, 1.54) is 32.8 Å². The minimum absolute atomic E-state index is 0.916. The van der Waals surface area contributed by atoms with Gasteiger partial charge in [-0.15, -0.1) is 0 Å². The summed E-state index contributed by atoms with van der Waals surface area (Å²) < 4.78 is 2.34. The van der Waals surface area contributed by atoms with Gasteiger partial charge in [0.25, 0.3) is 0 Å². The van der Waals surface area contributed by atoms with Gasteiger partial charge in [-0.05, 0) is 41.0 Å². The summed E-state index contributed by atoms with van der Waals surface area (Å²) in [4.78, 5) is 0. The Morgan fingerprint density at radius 3 is 2.48 bits per heavy atom.